The Balaban J connectivity index is 1.60. The zero-order valence-corrected chi connectivity index (χ0v) is 13.0. The highest BCUT2D eigenvalue weighted by atomic mass is 16.1. The number of pyridine rings is 1. The Labute approximate surface area is 130 Å². The summed E-state index contributed by atoms with van der Waals surface area (Å²) in [4.78, 5) is 19.4. The summed E-state index contributed by atoms with van der Waals surface area (Å²) in [6.45, 7) is 7.28. The molecule has 22 heavy (non-hydrogen) atoms. The van der Waals surface area contributed by atoms with Crippen molar-refractivity contribution < 1.29 is 0 Å². The zero-order chi connectivity index (χ0) is 15.2. The summed E-state index contributed by atoms with van der Waals surface area (Å²) in [5.41, 5.74) is 3.19. The molecule has 4 rings (SSSR count). The van der Waals surface area contributed by atoms with Gasteiger partial charge in [-0.15, -0.1) is 0 Å². The molecule has 1 N–H and O–H groups in total. The number of nitrogens with one attached hydrogen (secondary N) is 1. The van der Waals surface area contributed by atoms with Crippen LogP contribution in [0.5, 0.6) is 0 Å². The first-order valence-electron chi connectivity index (χ1n) is 8.06. The van der Waals surface area contributed by atoms with E-state index >= 15 is 0 Å². The van der Waals surface area contributed by atoms with Gasteiger partial charge in [0, 0.05) is 31.9 Å². The molecule has 5 heteroatoms. The SMILES string of the molecule is Cc1cccn2c(=O)cc(CN3CCC4(CCNC4)C3)nc12. The minimum atomic E-state index is 0.0140. The second kappa shape index (κ2) is 5.18. The molecular formula is C17H22N4O. The highest BCUT2D eigenvalue weighted by Gasteiger charge is 2.40. The maximum atomic E-state index is 12.3. The highest BCUT2D eigenvalue weighted by molar-refractivity contribution is 5.46. The molecule has 2 saturated heterocycles. The van der Waals surface area contributed by atoms with Gasteiger partial charge < -0.3 is 5.32 Å². The van der Waals surface area contributed by atoms with Gasteiger partial charge in [0.25, 0.3) is 5.56 Å². The second-order valence-corrected chi connectivity index (χ2v) is 6.86. The van der Waals surface area contributed by atoms with Crippen LogP contribution in [0.3, 0.4) is 0 Å². The van der Waals surface area contributed by atoms with Gasteiger partial charge in [0.2, 0.25) is 0 Å². The van der Waals surface area contributed by atoms with E-state index in [0.29, 0.717) is 5.41 Å². The predicted octanol–water partition coefficient (Wildman–Crippen LogP) is 1.19. The molecule has 5 nitrogen and oxygen atoms in total. The average Bonchev–Trinajstić information content (AvgIpc) is 3.11. The smallest absolute Gasteiger partial charge is 0.258 e. The van der Waals surface area contributed by atoms with Crippen molar-refractivity contribution >= 4 is 5.65 Å². The van der Waals surface area contributed by atoms with Crippen LogP contribution >= 0.6 is 0 Å². The number of aromatic nitrogens is 2. The van der Waals surface area contributed by atoms with Gasteiger partial charge in [-0.1, -0.05) is 6.07 Å². The summed E-state index contributed by atoms with van der Waals surface area (Å²) in [6.07, 6.45) is 4.32. The Bertz CT molecular complexity index is 761. The largest absolute Gasteiger partial charge is 0.316 e. The zero-order valence-electron chi connectivity index (χ0n) is 13.0. The first-order chi connectivity index (χ1) is 10.7. The third kappa shape index (κ3) is 2.34. The highest BCUT2D eigenvalue weighted by Crippen LogP contribution is 2.36. The minimum absolute atomic E-state index is 0.0140. The van der Waals surface area contributed by atoms with Gasteiger partial charge in [0.15, 0.2) is 0 Å². The molecule has 0 amide bonds. The molecule has 1 spiro atoms. The number of hydrogen-bond donors (Lipinski definition) is 1. The summed E-state index contributed by atoms with van der Waals surface area (Å²) in [7, 11) is 0. The van der Waals surface area contributed by atoms with E-state index in [4.69, 9.17) is 4.98 Å². The van der Waals surface area contributed by atoms with Gasteiger partial charge in [-0.25, -0.2) is 4.98 Å². The van der Waals surface area contributed by atoms with Crippen molar-refractivity contribution in [1.82, 2.24) is 19.6 Å². The number of nitrogens with zero attached hydrogens (tertiary/aromatic N) is 3. The Kier molecular flexibility index (Phi) is 3.27. The van der Waals surface area contributed by atoms with E-state index < -0.39 is 0 Å². The third-order valence-corrected chi connectivity index (χ3v) is 5.17. The molecular weight excluding hydrogens is 276 g/mol. The van der Waals surface area contributed by atoms with Gasteiger partial charge in [0.05, 0.1) is 5.69 Å². The van der Waals surface area contributed by atoms with Gasteiger partial charge in [-0.2, -0.15) is 0 Å². The first kappa shape index (κ1) is 13.9. The monoisotopic (exact) mass is 298 g/mol. The molecule has 116 valence electrons. The van der Waals surface area contributed by atoms with Crippen LogP contribution in [0.15, 0.2) is 29.2 Å². The van der Waals surface area contributed by atoms with Crippen molar-refractivity contribution in [3.05, 3.63) is 46.0 Å². The van der Waals surface area contributed by atoms with Crippen LogP contribution < -0.4 is 10.9 Å². The van der Waals surface area contributed by atoms with Gasteiger partial charge in [-0.3, -0.25) is 14.1 Å². The molecule has 0 aliphatic carbocycles. The fourth-order valence-corrected chi connectivity index (χ4v) is 3.93. The first-order valence-corrected chi connectivity index (χ1v) is 8.06. The molecule has 0 saturated carbocycles. The van der Waals surface area contributed by atoms with E-state index in [-0.39, 0.29) is 5.56 Å². The Morgan fingerprint density at radius 2 is 2.32 bits per heavy atom. The van der Waals surface area contributed by atoms with Crippen LogP contribution in [0, 0.1) is 12.3 Å². The Morgan fingerprint density at radius 3 is 3.14 bits per heavy atom. The number of rotatable bonds is 2. The predicted molar refractivity (Wildman–Crippen MR) is 86.0 cm³/mol. The van der Waals surface area contributed by atoms with Crippen LogP contribution in [0.2, 0.25) is 0 Å². The number of hydrogen-bond acceptors (Lipinski definition) is 4. The van der Waals surface area contributed by atoms with Crippen molar-refractivity contribution in [3.8, 4) is 0 Å². The summed E-state index contributed by atoms with van der Waals surface area (Å²) in [6, 6.07) is 5.58. The average molecular weight is 298 g/mol. The third-order valence-electron chi connectivity index (χ3n) is 5.17. The van der Waals surface area contributed by atoms with E-state index in [9.17, 15) is 4.79 Å². The fraction of sp³-hybridized carbons (Fsp3) is 0.529. The van der Waals surface area contributed by atoms with E-state index in [1.807, 2.05) is 19.1 Å². The van der Waals surface area contributed by atoms with E-state index in [1.165, 1.54) is 12.8 Å². The van der Waals surface area contributed by atoms with Crippen LogP contribution in [-0.4, -0.2) is 40.5 Å². The molecule has 2 fully saturated rings. The van der Waals surface area contributed by atoms with Crippen molar-refractivity contribution in [2.75, 3.05) is 26.2 Å². The summed E-state index contributed by atoms with van der Waals surface area (Å²) in [5.74, 6) is 0. The minimum Gasteiger partial charge on any atom is -0.316 e. The quantitative estimate of drug-likeness (QED) is 0.905. The number of aryl methyl sites for hydroxylation is 1. The standard InChI is InChI=1S/C17H22N4O/c1-13-3-2-7-21-15(22)9-14(19-16(13)21)10-20-8-5-17(12-20)4-6-18-11-17/h2-3,7,9,18H,4-6,8,10-12H2,1H3. The van der Waals surface area contributed by atoms with Gasteiger partial charge in [-0.05, 0) is 49.9 Å². The van der Waals surface area contributed by atoms with Gasteiger partial charge >= 0.3 is 0 Å². The lowest BCUT2D eigenvalue weighted by molar-refractivity contribution is 0.266. The molecule has 2 aromatic rings. The van der Waals surface area contributed by atoms with Crippen LogP contribution in [0.4, 0.5) is 0 Å². The van der Waals surface area contributed by atoms with Crippen molar-refractivity contribution in [2.24, 2.45) is 5.41 Å². The second-order valence-electron chi connectivity index (χ2n) is 6.86. The van der Waals surface area contributed by atoms with Crippen LogP contribution in [0.25, 0.3) is 5.65 Å². The summed E-state index contributed by atoms with van der Waals surface area (Å²) < 4.78 is 1.63. The van der Waals surface area contributed by atoms with E-state index in [2.05, 4.69) is 10.2 Å². The van der Waals surface area contributed by atoms with Gasteiger partial charge in [0.1, 0.15) is 5.65 Å². The molecule has 4 heterocycles. The fourth-order valence-electron chi connectivity index (χ4n) is 3.93. The summed E-state index contributed by atoms with van der Waals surface area (Å²) in [5, 5.41) is 3.48. The van der Waals surface area contributed by atoms with Crippen LogP contribution in [-0.2, 0) is 6.54 Å². The Hall–Kier alpha value is -1.72. The summed E-state index contributed by atoms with van der Waals surface area (Å²) >= 11 is 0. The molecule has 2 aliphatic heterocycles. The molecule has 2 aliphatic rings. The van der Waals surface area contributed by atoms with E-state index in [0.717, 1.165) is 49.6 Å². The molecule has 2 aromatic heterocycles. The van der Waals surface area contributed by atoms with Crippen molar-refractivity contribution in [2.45, 2.75) is 26.3 Å². The number of likely N-dealkylation sites (tertiary alicyclic amines) is 1. The molecule has 0 radical (unpaired) electrons. The van der Waals surface area contributed by atoms with E-state index in [1.54, 1.807) is 16.7 Å². The lowest BCUT2D eigenvalue weighted by Gasteiger charge is -2.22. The maximum Gasteiger partial charge on any atom is 0.258 e. The maximum absolute atomic E-state index is 12.3. The number of fused-ring (bicyclic) bond motifs is 1. The Morgan fingerprint density at radius 1 is 1.41 bits per heavy atom. The van der Waals surface area contributed by atoms with Crippen molar-refractivity contribution in [1.29, 1.82) is 0 Å². The molecule has 1 atom stereocenters. The molecule has 1 unspecified atom stereocenters. The molecule has 0 bridgehead atoms. The molecule has 0 aromatic carbocycles. The van der Waals surface area contributed by atoms with Crippen LogP contribution in [0.1, 0.15) is 24.1 Å². The lowest BCUT2D eigenvalue weighted by atomic mass is 9.87. The normalized spacial score (nSPS) is 25.5. The lowest BCUT2D eigenvalue weighted by Crippen LogP contribution is -2.29. The topological polar surface area (TPSA) is 49.6 Å². The van der Waals surface area contributed by atoms with Crippen molar-refractivity contribution in [3.63, 3.8) is 0 Å².